The summed E-state index contributed by atoms with van der Waals surface area (Å²) in [4.78, 5) is 0. The Morgan fingerprint density at radius 1 is 0.368 bits per heavy atom. The summed E-state index contributed by atoms with van der Waals surface area (Å²) in [6, 6.07) is 53.8. The van der Waals surface area contributed by atoms with Crippen molar-refractivity contribution < 1.29 is 0 Å². The number of nitrogens with one attached hydrogen (secondary N) is 1. The molecule has 7 aromatic rings. The van der Waals surface area contributed by atoms with Crippen LogP contribution in [0.1, 0.15) is 0 Å². The summed E-state index contributed by atoms with van der Waals surface area (Å²) < 4.78 is 2.35. The third-order valence-corrected chi connectivity index (χ3v) is 7.18. The second-order valence-electron chi connectivity index (χ2n) is 9.57. The summed E-state index contributed by atoms with van der Waals surface area (Å²) in [5.41, 5.74) is 10.6. The van der Waals surface area contributed by atoms with Crippen LogP contribution in [0.25, 0.3) is 49.7 Å². The van der Waals surface area contributed by atoms with Gasteiger partial charge in [0, 0.05) is 27.8 Å². The van der Waals surface area contributed by atoms with Crippen LogP contribution in [0.15, 0.2) is 152 Å². The van der Waals surface area contributed by atoms with E-state index in [1.165, 1.54) is 49.7 Å². The van der Waals surface area contributed by atoms with Gasteiger partial charge in [0.2, 0.25) is 0 Å². The number of hydrogen-bond acceptors (Lipinski definition) is 1. The number of hydrogen-bond donors (Lipinski definition) is 1. The van der Waals surface area contributed by atoms with Crippen molar-refractivity contribution in [1.82, 2.24) is 4.57 Å². The van der Waals surface area contributed by atoms with E-state index in [0.717, 1.165) is 11.4 Å². The van der Waals surface area contributed by atoms with E-state index < -0.39 is 0 Å². The van der Waals surface area contributed by atoms with Crippen LogP contribution in [-0.4, -0.2) is 4.57 Å². The Balaban J connectivity index is 1.17. The fraction of sp³-hybridized carbons (Fsp3) is 0. The molecule has 0 fully saturated rings. The highest BCUT2D eigenvalue weighted by atomic mass is 15.0. The van der Waals surface area contributed by atoms with Gasteiger partial charge in [0.25, 0.3) is 0 Å². The zero-order valence-corrected chi connectivity index (χ0v) is 20.9. The van der Waals surface area contributed by atoms with Crippen LogP contribution in [0.4, 0.5) is 11.4 Å². The van der Waals surface area contributed by atoms with E-state index in [2.05, 4.69) is 155 Å². The summed E-state index contributed by atoms with van der Waals surface area (Å²) in [5, 5.41) is 6.12. The summed E-state index contributed by atoms with van der Waals surface area (Å²) >= 11 is 0. The van der Waals surface area contributed by atoms with Gasteiger partial charge in [0.1, 0.15) is 0 Å². The molecule has 6 aromatic carbocycles. The van der Waals surface area contributed by atoms with Crippen LogP contribution in [0.3, 0.4) is 0 Å². The molecule has 0 bridgehead atoms. The summed E-state index contributed by atoms with van der Waals surface area (Å²) in [7, 11) is 0. The number of rotatable bonds is 5. The number of para-hydroxylation sites is 2. The molecule has 2 heteroatoms. The zero-order valence-electron chi connectivity index (χ0n) is 20.9. The van der Waals surface area contributed by atoms with Gasteiger partial charge in [-0.05, 0) is 70.8 Å². The first-order chi connectivity index (χ1) is 18.8. The molecule has 0 saturated heterocycles. The van der Waals surface area contributed by atoms with E-state index in [-0.39, 0.29) is 0 Å². The minimum Gasteiger partial charge on any atom is -0.356 e. The summed E-state index contributed by atoms with van der Waals surface area (Å²) in [6.45, 7) is 0. The Hall–Kier alpha value is -5.08. The normalized spacial score (nSPS) is 11.2. The third-order valence-electron chi connectivity index (χ3n) is 7.18. The van der Waals surface area contributed by atoms with Gasteiger partial charge in [0.15, 0.2) is 0 Å². The lowest BCUT2D eigenvalue weighted by molar-refractivity contribution is 1.18. The second kappa shape index (κ2) is 9.42. The molecule has 0 aliphatic rings. The molecule has 1 heterocycles. The monoisotopic (exact) mass is 486 g/mol. The molecule has 2 nitrogen and oxygen atoms in total. The Kier molecular flexibility index (Phi) is 5.49. The third kappa shape index (κ3) is 4.03. The number of benzene rings is 6. The lowest BCUT2D eigenvalue weighted by Gasteiger charge is -2.11. The van der Waals surface area contributed by atoms with Gasteiger partial charge in [-0.15, -0.1) is 0 Å². The topological polar surface area (TPSA) is 17.0 Å². The van der Waals surface area contributed by atoms with Crippen molar-refractivity contribution in [2.75, 3.05) is 5.32 Å². The molecule has 0 atom stereocenters. The Labute approximate surface area is 222 Å². The van der Waals surface area contributed by atoms with Gasteiger partial charge >= 0.3 is 0 Å². The predicted octanol–water partition coefficient (Wildman–Crippen LogP) is 9.86. The van der Waals surface area contributed by atoms with Crippen LogP contribution in [0.5, 0.6) is 0 Å². The van der Waals surface area contributed by atoms with E-state index >= 15 is 0 Å². The van der Waals surface area contributed by atoms with E-state index in [1.807, 2.05) is 6.07 Å². The summed E-state index contributed by atoms with van der Waals surface area (Å²) in [5.74, 6) is 0. The van der Waals surface area contributed by atoms with E-state index in [9.17, 15) is 0 Å². The van der Waals surface area contributed by atoms with Gasteiger partial charge in [-0.2, -0.15) is 0 Å². The first-order valence-corrected chi connectivity index (χ1v) is 13.0. The van der Waals surface area contributed by atoms with Gasteiger partial charge in [0.05, 0.1) is 11.0 Å². The molecule has 0 amide bonds. The highest BCUT2D eigenvalue weighted by Gasteiger charge is 2.11. The Morgan fingerprint density at radius 3 is 1.58 bits per heavy atom. The van der Waals surface area contributed by atoms with E-state index in [0.29, 0.717) is 0 Å². The Morgan fingerprint density at radius 2 is 0.895 bits per heavy atom. The average Bonchev–Trinajstić information content (AvgIpc) is 3.33. The molecule has 0 saturated carbocycles. The standard InChI is InChI=1S/C36H26N2/c1-2-9-26(10-3-1)27-17-21-30(22-18-27)37-31-12-8-11-29(25-31)28-19-23-32(24-20-28)38-35-15-6-4-13-33(35)34-14-5-7-16-36(34)38/h1-25,37H. The lowest BCUT2D eigenvalue weighted by atomic mass is 10.0. The first-order valence-electron chi connectivity index (χ1n) is 13.0. The largest absolute Gasteiger partial charge is 0.356 e. The number of aromatic nitrogens is 1. The summed E-state index contributed by atoms with van der Waals surface area (Å²) in [6.07, 6.45) is 0. The average molecular weight is 487 g/mol. The first kappa shape index (κ1) is 22.1. The van der Waals surface area contributed by atoms with Crippen LogP contribution >= 0.6 is 0 Å². The highest BCUT2D eigenvalue weighted by molar-refractivity contribution is 6.09. The lowest BCUT2D eigenvalue weighted by Crippen LogP contribution is -1.94. The maximum absolute atomic E-state index is 3.56. The van der Waals surface area contributed by atoms with Crippen LogP contribution in [0, 0.1) is 0 Å². The zero-order chi connectivity index (χ0) is 25.3. The SMILES string of the molecule is c1ccc(-c2ccc(Nc3cccc(-c4ccc(-n5c6ccccc6c6ccccc65)cc4)c3)cc2)cc1. The van der Waals surface area contributed by atoms with Crippen LogP contribution < -0.4 is 5.32 Å². The maximum atomic E-state index is 3.56. The molecule has 1 N–H and O–H groups in total. The molecule has 38 heavy (non-hydrogen) atoms. The van der Waals surface area contributed by atoms with Gasteiger partial charge < -0.3 is 9.88 Å². The van der Waals surface area contributed by atoms with Gasteiger partial charge in [-0.3, -0.25) is 0 Å². The molecule has 1 aromatic heterocycles. The quantitative estimate of drug-likeness (QED) is 0.256. The molecule has 0 aliphatic heterocycles. The molecular weight excluding hydrogens is 460 g/mol. The van der Waals surface area contributed by atoms with Crippen molar-refractivity contribution in [1.29, 1.82) is 0 Å². The molecule has 0 aliphatic carbocycles. The highest BCUT2D eigenvalue weighted by Crippen LogP contribution is 2.33. The van der Waals surface area contributed by atoms with Crippen molar-refractivity contribution in [3.63, 3.8) is 0 Å². The minimum absolute atomic E-state index is 1.07. The molecule has 0 radical (unpaired) electrons. The van der Waals surface area contributed by atoms with Gasteiger partial charge in [-0.25, -0.2) is 0 Å². The smallest absolute Gasteiger partial charge is 0.0541 e. The van der Waals surface area contributed by atoms with Gasteiger partial charge in [-0.1, -0.05) is 103 Å². The molecule has 180 valence electrons. The fourth-order valence-electron chi connectivity index (χ4n) is 5.32. The van der Waals surface area contributed by atoms with Crippen molar-refractivity contribution in [3.05, 3.63) is 152 Å². The van der Waals surface area contributed by atoms with Crippen LogP contribution in [-0.2, 0) is 0 Å². The minimum atomic E-state index is 1.07. The predicted molar refractivity (Wildman–Crippen MR) is 161 cm³/mol. The van der Waals surface area contributed by atoms with Crippen molar-refractivity contribution in [2.24, 2.45) is 0 Å². The van der Waals surface area contributed by atoms with E-state index in [1.54, 1.807) is 0 Å². The second-order valence-corrected chi connectivity index (χ2v) is 9.57. The molecule has 0 spiro atoms. The van der Waals surface area contributed by atoms with E-state index in [4.69, 9.17) is 0 Å². The number of nitrogens with zero attached hydrogens (tertiary/aromatic N) is 1. The Bertz CT molecular complexity index is 1810. The van der Waals surface area contributed by atoms with Crippen molar-refractivity contribution >= 4 is 33.2 Å². The number of fused-ring (bicyclic) bond motifs is 3. The fourth-order valence-corrected chi connectivity index (χ4v) is 5.32. The maximum Gasteiger partial charge on any atom is 0.0541 e. The molecule has 7 rings (SSSR count). The van der Waals surface area contributed by atoms with Crippen LogP contribution in [0.2, 0.25) is 0 Å². The number of anilines is 2. The van der Waals surface area contributed by atoms with Crippen molar-refractivity contribution in [2.45, 2.75) is 0 Å². The van der Waals surface area contributed by atoms with Crippen molar-refractivity contribution in [3.8, 4) is 27.9 Å². The molecule has 0 unspecified atom stereocenters. The molecular formula is C36H26N2.